The summed E-state index contributed by atoms with van der Waals surface area (Å²) in [4.78, 5) is 30.2. The zero-order valence-electron chi connectivity index (χ0n) is 17.8. The van der Waals surface area contributed by atoms with Gasteiger partial charge in [0.15, 0.2) is 11.5 Å². The fourth-order valence-corrected chi connectivity index (χ4v) is 3.87. The van der Waals surface area contributed by atoms with E-state index >= 15 is 0 Å². The molecule has 0 atom stereocenters. The Morgan fingerprint density at radius 2 is 1.84 bits per heavy atom. The number of nitrogens with zero attached hydrogens (tertiary/aromatic N) is 7. The first-order chi connectivity index (χ1) is 15.7. The molecule has 9 nitrogen and oxygen atoms in total. The summed E-state index contributed by atoms with van der Waals surface area (Å²) in [6, 6.07) is 12.0. The highest BCUT2D eigenvalue weighted by Gasteiger charge is 2.24. The first-order valence-electron chi connectivity index (χ1n) is 10.5. The molecule has 4 heterocycles. The van der Waals surface area contributed by atoms with E-state index in [1.807, 2.05) is 33.8 Å². The quantitative estimate of drug-likeness (QED) is 0.481. The summed E-state index contributed by atoms with van der Waals surface area (Å²) in [5.74, 6) is 1.21. The number of methoxy groups -OCH3 is 1. The maximum atomic E-state index is 13.1. The number of piperazine rings is 1. The highest BCUT2D eigenvalue weighted by atomic mass is 16.5. The predicted octanol–water partition coefficient (Wildman–Crippen LogP) is 2.24. The fourth-order valence-electron chi connectivity index (χ4n) is 3.87. The molecular weight excluding hydrogens is 406 g/mol. The minimum absolute atomic E-state index is 0.0217. The lowest BCUT2D eigenvalue weighted by Crippen LogP contribution is -2.49. The molecule has 0 unspecified atom stereocenters. The molecule has 5 rings (SSSR count). The number of anilines is 1. The van der Waals surface area contributed by atoms with Gasteiger partial charge in [0.1, 0.15) is 0 Å². The van der Waals surface area contributed by atoms with Crippen molar-refractivity contribution >= 4 is 22.8 Å². The van der Waals surface area contributed by atoms with Crippen molar-refractivity contribution in [3.05, 3.63) is 72.3 Å². The van der Waals surface area contributed by atoms with Crippen LogP contribution in [0.15, 0.2) is 61.2 Å². The third-order valence-electron chi connectivity index (χ3n) is 5.60. The molecule has 3 aromatic heterocycles. The second kappa shape index (κ2) is 8.62. The standard InChI is InChI=1S/C23H23N7O2/c1-32-21-15-24-14-20(27-21)28-7-9-29(10-8-28)23(31)19-11-18-13-26-30(22(18)25-12-19)16-17-5-3-2-4-6-17/h2-6,11-15H,7-10,16H2,1H3. The van der Waals surface area contributed by atoms with Gasteiger partial charge in [0, 0.05) is 37.8 Å². The van der Waals surface area contributed by atoms with Crippen molar-refractivity contribution in [1.82, 2.24) is 29.6 Å². The number of ether oxygens (including phenoxy) is 1. The molecule has 162 valence electrons. The minimum atomic E-state index is -0.0217. The Morgan fingerprint density at radius 1 is 1.03 bits per heavy atom. The zero-order chi connectivity index (χ0) is 21.9. The minimum Gasteiger partial charge on any atom is -0.480 e. The van der Waals surface area contributed by atoms with Crippen molar-refractivity contribution in [2.24, 2.45) is 0 Å². The van der Waals surface area contributed by atoms with E-state index in [-0.39, 0.29) is 5.91 Å². The van der Waals surface area contributed by atoms with Crippen LogP contribution in [0.2, 0.25) is 0 Å². The van der Waals surface area contributed by atoms with Crippen molar-refractivity contribution in [3.63, 3.8) is 0 Å². The fraction of sp³-hybridized carbons (Fsp3) is 0.261. The third kappa shape index (κ3) is 3.96. The van der Waals surface area contributed by atoms with Crippen molar-refractivity contribution in [1.29, 1.82) is 0 Å². The monoisotopic (exact) mass is 429 g/mol. The van der Waals surface area contributed by atoms with Crippen LogP contribution >= 0.6 is 0 Å². The first kappa shape index (κ1) is 19.9. The van der Waals surface area contributed by atoms with Gasteiger partial charge in [0.05, 0.1) is 37.8 Å². The van der Waals surface area contributed by atoms with Gasteiger partial charge in [-0.25, -0.2) is 9.67 Å². The lowest BCUT2D eigenvalue weighted by atomic mass is 10.2. The predicted molar refractivity (Wildman–Crippen MR) is 120 cm³/mol. The molecule has 1 amide bonds. The van der Waals surface area contributed by atoms with E-state index in [0.717, 1.165) is 22.4 Å². The van der Waals surface area contributed by atoms with E-state index in [4.69, 9.17) is 4.74 Å². The van der Waals surface area contributed by atoms with Gasteiger partial charge >= 0.3 is 0 Å². The van der Waals surface area contributed by atoms with Gasteiger partial charge < -0.3 is 14.5 Å². The van der Waals surface area contributed by atoms with Gasteiger partial charge in [0.2, 0.25) is 5.88 Å². The van der Waals surface area contributed by atoms with Crippen LogP contribution in [0.3, 0.4) is 0 Å². The average Bonchev–Trinajstić information content (AvgIpc) is 3.26. The molecule has 0 bridgehead atoms. The Balaban J connectivity index is 1.27. The van der Waals surface area contributed by atoms with Crippen molar-refractivity contribution < 1.29 is 9.53 Å². The van der Waals surface area contributed by atoms with Gasteiger partial charge in [0.25, 0.3) is 5.91 Å². The van der Waals surface area contributed by atoms with Crippen LogP contribution in [0.1, 0.15) is 15.9 Å². The number of aromatic nitrogens is 5. The number of amides is 1. The third-order valence-corrected chi connectivity index (χ3v) is 5.60. The van der Waals surface area contributed by atoms with Crippen molar-refractivity contribution in [2.45, 2.75) is 6.54 Å². The Hall–Kier alpha value is -4.01. The lowest BCUT2D eigenvalue weighted by molar-refractivity contribution is 0.0746. The molecule has 1 saturated heterocycles. The van der Waals surface area contributed by atoms with Crippen LogP contribution in [-0.2, 0) is 6.54 Å². The van der Waals surface area contributed by atoms with E-state index in [1.54, 1.807) is 31.9 Å². The summed E-state index contributed by atoms with van der Waals surface area (Å²) in [7, 11) is 1.57. The molecule has 0 radical (unpaired) electrons. The van der Waals surface area contributed by atoms with Crippen molar-refractivity contribution in [3.8, 4) is 5.88 Å². The van der Waals surface area contributed by atoms with Crippen molar-refractivity contribution in [2.75, 3.05) is 38.2 Å². The van der Waals surface area contributed by atoms with Gasteiger partial charge in [-0.3, -0.25) is 9.78 Å². The van der Waals surface area contributed by atoms with Crippen LogP contribution in [0.5, 0.6) is 5.88 Å². The largest absolute Gasteiger partial charge is 0.480 e. The van der Waals surface area contributed by atoms with Crippen LogP contribution in [0.25, 0.3) is 11.0 Å². The summed E-state index contributed by atoms with van der Waals surface area (Å²) >= 11 is 0. The van der Waals surface area contributed by atoms with Gasteiger partial charge in [-0.15, -0.1) is 0 Å². The van der Waals surface area contributed by atoms with E-state index in [0.29, 0.717) is 44.2 Å². The molecule has 9 heteroatoms. The molecule has 1 aromatic carbocycles. The smallest absolute Gasteiger partial charge is 0.255 e. The topological polar surface area (TPSA) is 89.3 Å². The van der Waals surface area contributed by atoms with Crippen LogP contribution in [0, 0.1) is 0 Å². The molecule has 1 fully saturated rings. The van der Waals surface area contributed by atoms with E-state index < -0.39 is 0 Å². The number of benzene rings is 1. The molecule has 1 aliphatic heterocycles. The summed E-state index contributed by atoms with van der Waals surface area (Å²) in [5.41, 5.74) is 2.50. The zero-order valence-corrected chi connectivity index (χ0v) is 17.8. The van der Waals surface area contributed by atoms with E-state index in [2.05, 4.69) is 37.1 Å². The molecule has 4 aromatic rings. The number of hydrogen-bond donors (Lipinski definition) is 0. The second-order valence-corrected chi connectivity index (χ2v) is 7.62. The maximum absolute atomic E-state index is 13.1. The summed E-state index contributed by atoms with van der Waals surface area (Å²) in [6.45, 7) is 3.20. The highest BCUT2D eigenvalue weighted by molar-refractivity contribution is 5.97. The Bertz CT molecular complexity index is 1230. The van der Waals surface area contributed by atoms with E-state index in [1.165, 1.54) is 0 Å². The van der Waals surface area contributed by atoms with Gasteiger partial charge in [-0.1, -0.05) is 30.3 Å². The molecule has 1 aliphatic rings. The highest BCUT2D eigenvalue weighted by Crippen LogP contribution is 2.19. The van der Waals surface area contributed by atoms with Crippen LogP contribution in [-0.4, -0.2) is 68.8 Å². The summed E-state index contributed by atoms with van der Waals surface area (Å²) in [5, 5.41) is 5.32. The summed E-state index contributed by atoms with van der Waals surface area (Å²) in [6.07, 6.45) is 6.70. The number of pyridine rings is 1. The molecule has 0 aliphatic carbocycles. The Labute approximate surface area is 185 Å². The Kier molecular flexibility index (Phi) is 5.37. The molecule has 0 saturated carbocycles. The number of fused-ring (bicyclic) bond motifs is 1. The van der Waals surface area contributed by atoms with E-state index in [9.17, 15) is 4.79 Å². The average molecular weight is 429 g/mol. The molecule has 0 N–H and O–H groups in total. The van der Waals surface area contributed by atoms with Gasteiger partial charge in [-0.2, -0.15) is 10.1 Å². The number of carbonyl (C=O) groups excluding carboxylic acids is 1. The number of hydrogen-bond acceptors (Lipinski definition) is 7. The van der Waals surface area contributed by atoms with Gasteiger partial charge in [-0.05, 0) is 11.6 Å². The first-order valence-corrected chi connectivity index (χ1v) is 10.5. The SMILES string of the molecule is COc1cncc(N2CCN(C(=O)c3cnc4c(cnn4Cc4ccccc4)c3)CC2)n1. The Morgan fingerprint density at radius 3 is 2.62 bits per heavy atom. The molecule has 32 heavy (non-hydrogen) atoms. The second-order valence-electron chi connectivity index (χ2n) is 7.62. The molecule has 0 spiro atoms. The lowest BCUT2D eigenvalue weighted by Gasteiger charge is -2.35. The molecular formula is C23H23N7O2. The number of carbonyl (C=O) groups is 1. The number of rotatable bonds is 5. The van der Waals surface area contributed by atoms with Crippen LogP contribution in [0.4, 0.5) is 5.82 Å². The summed E-state index contributed by atoms with van der Waals surface area (Å²) < 4.78 is 7.01. The maximum Gasteiger partial charge on any atom is 0.255 e. The normalized spacial score (nSPS) is 14.0. The van der Waals surface area contributed by atoms with Crippen LogP contribution < -0.4 is 9.64 Å².